The predicted molar refractivity (Wildman–Crippen MR) is 88.7 cm³/mol. The van der Waals surface area contributed by atoms with Crippen molar-refractivity contribution in [2.75, 3.05) is 7.11 Å². The summed E-state index contributed by atoms with van der Waals surface area (Å²) < 4.78 is 17.6. The summed E-state index contributed by atoms with van der Waals surface area (Å²) in [6.07, 6.45) is 2.04. The molecular weight excluding hydrogens is 323 g/mol. The first-order valence-corrected chi connectivity index (χ1v) is 7.41. The Labute approximate surface area is 142 Å². The molecule has 0 fully saturated rings. The maximum absolute atomic E-state index is 13.0. The lowest BCUT2D eigenvalue weighted by Crippen LogP contribution is -2.03. The fourth-order valence-corrected chi connectivity index (χ4v) is 2.61. The van der Waals surface area contributed by atoms with E-state index in [9.17, 15) is 19.6 Å². The number of hydrogen-bond acceptors (Lipinski definition) is 5. The van der Waals surface area contributed by atoms with Gasteiger partial charge in [-0.05, 0) is 41.8 Å². The molecule has 124 valence electrons. The Kier molecular flexibility index (Phi) is 4.31. The summed E-state index contributed by atoms with van der Waals surface area (Å²) in [5.74, 6) is -1.38. The van der Waals surface area contributed by atoms with Gasteiger partial charge < -0.3 is 9.84 Å². The minimum atomic E-state index is -0.743. The third kappa shape index (κ3) is 3.12. The Hall–Kier alpha value is -3.46. The van der Waals surface area contributed by atoms with Crippen LogP contribution in [0.4, 0.5) is 4.39 Å². The number of hydrogen-bond donors (Lipinski definition) is 1. The number of nitriles is 1. The van der Waals surface area contributed by atoms with Crippen LogP contribution in [0.2, 0.25) is 0 Å². The first-order chi connectivity index (χ1) is 12.0. The van der Waals surface area contributed by atoms with Crippen molar-refractivity contribution in [1.29, 1.82) is 5.26 Å². The number of benzene rings is 2. The van der Waals surface area contributed by atoms with Crippen LogP contribution >= 0.6 is 0 Å². The van der Waals surface area contributed by atoms with Gasteiger partial charge in [0, 0.05) is 11.6 Å². The highest BCUT2D eigenvalue weighted by Crippen LogP contribution is 2.31. The second-order valence-electron chi connectivity index (χ2n) is 5.47. The molecule has 0 aliphatic carbocycles. The van der Waals surface area contributed by atoms with Crippen LogP contribution in [0, 0.1) is 17.1 Å². The molecule has 0 radical (unpaired) electrons. The van der Waals surface area contributed by atoms with Crippen molar-refractivity contribution in [3.05, 3.63) is 70.7 Å². The van der Waals surface area contributed by atoms with E-state index in [-0.39, 0.29) is 28.2 Å². The van der Waals surface area contributed by atoms with Crippen LogP contribution < -0.4 is 0 Å². The zero-order valence-electron chi connectivity index (χ0n) is 13.3. The van der Waals surface area contributed by atoms with E-state index in [1.807, 2.05) is 6.07 Å². The Bertz CT molecular complexity index is 1010. The molecule has 1 N–H and O–H groups in total. The summed E-state index contributed by atoms with van der Waals surface area (Å²) in [5, 5.41) is 20.1. The lowest BCUT2D eigenvalue weighted by Gasteiger charge is -2.09. The van der Waals surface area contributed by atoms with E-state index in [2.05, 4.69) is 9.72 Å². The van der Waals surface area contributed by atoms with Gasteiger partial charge in [0.15, 0.2) is 5.75 Å². The van der Waals surface area contributed by atoms with Gasteiger partial charge in [-0.2, -0.15) is 5.26 Å². The van der Waals surface area contributed by atoms with Crippen molar-refractivity contribution in [2.24, 2.45) is 0 Å². The number of pyridine rings is 1. The number of phenols is 1. The molecule has 3 rings (SSSR count). The molecule has 0 saturated heterocycles. The number of carbonyl (C=O) groups excluding carboxylic acids is 1. The molecule has 0 spiro atoms. The third-order valence-corrected chi connectivity index (χ3v) is 3.85. The highest BCUT2D eigenvalue weighted by atomic mass is 19.1. The number of fused-ring (bicyclic) bond motifs is 1. The molecule has 0 atom stereocenters. The van der Waals surface area contributed by atoms with Crippen molar-refractivity contribution < 1.29 is 19.0 Å². The molecule has 0 aliphatic rings. The van der Waals surface area contributed by atoms with Crippen molar-refractivity contribution in [1.82, 2.24) is 4.98 Å². The molecular formula is C19H13FN2O3. The number of aromatic hydroxyl groups is 1. The van der Waals surface area contributed by atoms with Gasteiger partial charge in [0.25, 0.3) is 0 Å². The summed E-state index contributed by atoms with van der Waals surface area (Å²) in [5.41, 5.74) is 1.94. The molecule has 0 amide bonds. The average Bonchev–Trinajstić information content (AvgIpc) is 2.63. The minimum absolute atomic E-state index is 0.106. The molecule has 0 bridgehead atoms. The topological polar surface area (TPSA) is 83.2 Å². The fraction of sp³-hybridized carbons (Fsp3) is 0.105. The average molecular weight is 336 g/mol. The summed E-state index contributed by atoms with van der Waals surface area (Å²) >= 11 is 0. The molecule has 0 aliphatic heterocycles. The van der Waals surface area contributed by atoms with Crippen LogP contribution in [-0.4, -0.2) is 23.2 Å². The summed E-state index contributed by atoms with van der Waals surface area (Å²) in [6, 6.07) is 11.1. The number of halogens is 1. The van der Waals surface area contributed by atoms with E-state index in [0.717, 1.165) is 11.1 Å². The molecule has 1 heterocycles. The predicted octanol–water partition coefficient (Wildman–Crippen LogP) is 3.33. The largest absolute Gasteiger partial charge is 0.505 e. The standard InChI is InChI=1S/C19H13FN2O3/c1-25-19(24)16-8-13(9-21)15-7-12(10-22-17(15)18(16)23)6-11-2-4-14(20)5-3-11/h2-5,7-8,10,23H,6H2,1H3. The Morgan fingerprint density at radius 2 is 2.00 bits per heavy atom. The van der Waals surface area contributed by atoms with E-state index in [4.69, 9.17) is 0 Å². The zero-order chi connectivity index (χ0) is 18.0. The van der Waals surface area contributed by atoms with Crippen LogP contribution in [0.3, 0.4) is 0 Å². The highest BCUT2D eigenvalue weighted by Gasteiger charge is 2.19. The molecule has 0 unspecified atom stereocenters. The van der Waals surface area contributed by atoms with E-state index < -0.39 is 5.97 Å². The maximum atomic E-state index is 13.0. The summed E-state index contributed by atoms with van der Waals surface area (Å²) in [7, 11) is 1.19. The van der Waals surface area contributed by atoms with Gasteiger partial charge in [0.05, 0.1) is 18.7 Å². The van der Waals surface area contributed by atoms with Gasteiger partial charge in [-0.25, -0.2) is 9.18 Å². The van der Waals surface area contributed by atoms with Crippen molar-refractivity contribution in [3.8, 4) is 11.8 Å². The van der Waals surface area contributed by atoms with Crippen LogP contribution in [0.5, 0.6) is 5.75 Å². The number of nitrogens with zero attached hydrogens (tertiary/aromatic N) is 2. The number of esters is 1. The Balaban J connectivity index is 2.09. The number of aromatic nitrogens is 1. The third-order valence-electron chi connectivity index (χ3n) is 3.85. The highest BCUT2D eigenvalue weighted by molar-refractivity contribution is 6.02. The van der Waals surface area contributed by atoms with Gasteiger partial charge in [0.1, 0.15) is 16.9 Å². The second kappa shape index (κ2) is 6.57. The lowest BCUT2D eigenvalue weighted by molar-refractivity contribution is 0.0597. The van der Waals surface area contributed by atoms with Gasteiger partial charge in [-0.15, -0.1) is 0 Å². The van der Waals surface area contributed by atoms with E-state index >= 15 is 0 Å². The lowest BCUT2D eigenvalue weighted by atomic mass is 10.00. The zero-order valence-corrected chi connectivity index (χ0v) is 13.3. The number of phenolic OH excluding ortho intramolecular Hbond substituents is 1. The first-order valence-electron chi connectivity index (χ1n) is 7.41. The SMILES string of the molecule is COC(=O)c1cc(C#N)c2cc(Cc3ccc(F)cc3)cnc2c1O. The Morgan fingerprint density at radius 3 is 2.64 bits per heavy atom. The van der Waals surface area contributed by atoms with Gasteiger partial charge in [-0.1, -0.05) is 12.1 Å². The van der Waals surface area contributed by atoms with Crippen LogP contribution in [0.15, 0.2) is 42.6 Å². The summed E-state index contributed by atoms with van der Waals surface area (Å²) in [4.78, 5) is 15.9. The van der Waals surface area contributed by atoms with E-state index in [0.29, 0.717) is 11.8 Å². The molecule has 6 heteroatoms. The number of ether oxygens (including phenoxy) is 1. The minimum Gasteiger partial charge on any atom is -0.505 e. The van der Waals surface area contributed by atoms with E-state index in [1.165, 1.54) is 25.3 Å². The summed E-state index contributed by atoms with van der Waals surface area (Å²) in [6.45, 7) is 0. The quantitative estimate of drug-likeness (QED) is 0.742. The van der Waals surface area contributed by atoms with Crippen molar-refractivity contribution in [3.63, 3.8) is 0 Å². The van der Waals surface area contributed by atoms with Crippen molar-refractivity contribution in [2.45, 2.75) is 6.42 Å². The normalized spacial score (nSPS) is 10.4. The van der Waals surface area contributed by atoms with Gasteiger partial charge in [-0.3, -0.25) is 4.98 Å². The van der Waals surface area contributed by atoms with Crippen molar-refractivity contribution >= 4 is 16.9 Å². The fourth-order valence-electron chi connectivity index (χ4n) is 2.61. The van der Waals surface area contributed by atoms with Crippen LogP contribution in [0.25, 0.3) is 10.9 Å². The Morgan fingerprint density at radius 1 is 1.28 bits per heavy atom. The molecule has 25 heavy (non-hydrogen) atoms. The smallest absolute Gasteiger partial charge is 0.341 e. The second-order valence-corrected chi connectivity index (χ2v) is 5.47. The number of methoxy groups -OCH3 is 1. The van der Waals surface area contributed by atoms with Crippen LogP contribution in [0.1, 0.15) is 27.0 Å². The number of rotatable bonds is 3. The number of carbonyl (C=O) groups is 1. The molecule has 3 aromatic rings. The van der Waals surface area contributed by atoms with Gasteiger partial charge >= 0.3 is 5.97 Å². The van der Waals surface area contributed by atoms with E-state index in [1.54, 1.807) is 24.4 Å². The molecule has 5 nitrogen and oxygen atoms in total. The molecule has 0 saturated carbocycles. The monoisotopic (exact) mass is 336 g/mol. The van der Waals surface area contributed by atoms with Crippen LogP contribution in [-0.2, 0) is 11.2 Å². The van der Waals surface area contributed by atoms with Gasteiger partial charge in [0.2, 0.25) is 0 Å². The first kappa shape index (κ1) is 16.4. The molecule has 1 aromatic heterocycles. The maximum Gasteiger partial charge on any atom is 0.341 e. The molecule has 2 aromatic carbocycles.